The molecule has 3 aromatic rings. The SMILES string of the molecule is CCCSN1CCC(n2c(CC(N)=O)nc3cnc4[nH]ccc4c32)CC1. The van der Waals surface area contributed by atoms with Crippen LogP contribution < -0.4 is 5.73 Å². The van der Waals surface area contributed by atoms with E-state index in [1.54, 1.807) is 6.20 Å². The molecule has 8 heteroatoms. The van der Waals surface area contributed by atoms with E-state index in [1.165, 1.54) is 12.2 Å². The molecular weight excluding hydrogens is 348 g/mol. The van der Waals surface area contributed by atoms with Gasteiger partial charge in [0.1, 0.15) is 17.0 Å². The van der Waals surface area contributed by atoms with E-state index in [2.05, 4.69) is 25.8 Å². The number of carbonyl (C=O) groups excluding carboxylic acids is 1. The lowest BCUT2D eigenvalue weighted by Crippen LogP contribution is -2.31. The molecule has 1 aliphatic heterocycles. The highest BCUT2D eigenvalue weighted by Crippen LogP contribution is 2.33. The maximum absolute atomic E-state index is 11.6. The van der Waals surface area contributed by atoms with E-state index in [0.29, 0.717) is 6.04 Å². The lowest BCUT2D eigenvalue weighted by molar-refractivity contribution is -0.117. The molecule has 0 aliphatic carbocycles. The summed E-state index contributed by atoms with van der Waals surface area (Å²) in [5.74, 6) is 1.57. The zero-order chi connectivity index (χ0) is 18.1. The number of nitrogens with one attached hydrogen (secondary N) is 1. The standard InChI is InChI=1S/C18H24N6OS/c1-2-9-26-23-7-4-12(5-8-23)24-16(10-15(19)25)22-14-11-21-18-13(17(14)24)3-6-20-18/h3,6,11-12H,2,4-5,7-10H2,1H3,(H2,19,25)(H,20,21). The summed E-state index contributed by atoms with van der Waals surface area (Å²) in [5, 5.41) is 1.05. The highest BCUT2D eigenvalue weighted by atomic mass is 32.2. The molecule has 26 heavy (non-hydrogen) atoms. The third-order valence-corrected chi connectivity index (χ3v) is 6.23. The van der Waals surface area contributed by atoms with Crippen molar-refractivity contribution in [1.82, 2.24) is 23.8 Å². The number of nitrogens with zero attached hydrogens (tertiary/aromatic N) is 4. The molecule has 0 unspecified atom stereocenters. The molecule has 1 saturated heterocycles. The first-order valence-electron chi connectivity index (χ1n) is 9.16. The fourth-order valence-corrected chi connectivity index (χ4v) is 4.67. The number of aromatic amines is 1. The monoisotopic (exact) mass is 372 g/mol. The van der Waals surface area contributed by atoms with Gasteiger partial charge in [0.2, 0.25) is 5.91 Å². The Morgan fingerprint density at radius 2 is 2.23 bits per heavy atom. The van der Waals surface area contributed by atoms with Gasteiger partial charge in [-0.05, 0) is 25.3 Å². The van der Waals surface area contributed by atoms with Crippen LogP contribution in [-0.2, 0) is 11.2 Å². The van der Waals surface area contributed by atoms with Crippen LogP contribution in [-0.4, -0.2) is 48.6 Å². The Bertz CT molecular complexity index is 924. The lowest BCUT2D eigenvalue weighted by atomic mass is 10.1. The average molecular weight is 372 g/mol. The number of primary amides is 1. The van der Waals surface area contributed by atoms with Crippen LogP contribution in [0.4, 0.5) is 0 Å². The predicted molar refractivity (Wildman–Crippen MR) is 105 cm³/mol. The van der Waals surface area contributed by atoms with Gasteiger partial charge in [-0.1, -0.05) is 18.9 Å². The zero-order valence-electron chi connectivity index (χ0n) is 14.9. The number of fused-ring (bicyclic) bond motifs is 3. The molecule has 3 N–H and O–H groups in total. The van der Waals surface area contributed by atoms with Crippen molar-refractivity contribution in [2.75, 3.05) is 18.8 Å². The minimum absolute atomic E-state index is 0.158. The van der Waals surface area contributed by atoms with Crippen molar-refractivity contribution in [2.24, 2.45) is 5.73 Å². The Labute approximate surface area is 156 Å². The zero-order valence-corrected chi connectivity index (χ0v) is 15.8. The number of carbonyl (C=O) groups is 1. The van der Waals surface area contributed by atoms with Crippen molar-refractivity contribution < 1.29 is 4.79 Å². The fourth-order valence-electron chi connectivity index (χ4n) is 3.76. The highest BCUT2D eigenvalue weighted by Gasteiger charge is 2.26. The summed E-state index contributed by atoms with van der Waals surface area (Å²) in [6.07, 6.45) is 7.11. The molecule has 0 spiro atoms. The summed E-state index contributed by atoms with van der Waals surface area (Å²) >= 11 is 1.94. The van der Waals surface area contributed by atoms with Crippen LogP contribution in [0.25, 0.3) is 22.1 Å². The molecular formula is C18H24N6OS. The normalized spacial score (nSPS) is 16.7. The van der Waals surface area contributed by atoms with Gasteiger partial charge in [0.15, 0.2) is 0 Å². The van der Waals surface area contributed by atoms with E-state index < -0.39 is 0 Å². The first-order chi connectivity index (χ1) is 12.7. The van der Waals surface area contributed by atoms with Gasteiger partial charge in [0.05, 0.1) is 18.1 Å². The van der Waals surface area contributed by atoms with Crippen LogP contribution in [0.2, 0.25) is 0 Å². The lowest BCUT2D eigenvalue weighted by Gasteiger charge is -2.32. The topological polar surface area (TPSA) is 92.8 Å². The second kappa shape index (κ2) is 7.28. The van der Waals surface area contributed by atoms with E-state index in [0.717, 1.165) is 53.8 Å². The van der Waals surface area contributed by atoms with E-state index in [-0.39, 0.29) is 12.3 Å². The van der Waals surface area contributed by atoms with Crippen LogP contribution >= 0.6 is 11.9 Å². The molecule has 7 nitrogen and oxygen atoms in total. The number of nitrogens with two attached hydrogens (primary N) is 1. The molecule has 4 heterocycles. The molecule has 0 bridgehead atoms. The Morgan fingerprint density at radius 1 is 1.42 bits per heavy atom. The van der Waals surface area contributed by atoms with Gasteiger partial charge in [-0.2, -0.15) is 0 Å². The van der Waals surface area contributed by atoms with Crippen molar-refractivity contribution in [1.29, 1.82) is 0 Å². The Morgan fingerprint density at radius 3 is 2.96 bits per heavy atom. The summed E-state index contributed by atoms with van der Waals surface area (Å²) in [6, 6.07) is 2.36. The smallest absolute Gasteiger partial charge is 0.225 e. The number of aromatic nitrogens is 4. The van der Waals surface area contributed by atoms with Crippen LogP contribution in [0.15, 0.2) is 18.5 Å². The number of hydrogen-bond acceptors (Lipinski definition) is 5. The number of piperidine rings is 1. The van der Waals surface area contributed by atoms with Gasteiger partial charge < -0.3 is 15.3 Å². The number of amides is 1. The van der Waals surface area contributed by atoms with Crippen LogP contribution in [0.1, 0.15) is 38.1 Å². The van der Waals surface area contributed by atoms with E-state index in [4.69, 9.17) is 10.7 Å². The summed E-state index contributed by atoms with van der Waals surface area (Å²) in [6.45, 7) is 4.31. The second-order valence-corrected chi connectivity index (χ2v) is 7.95. The van der Waals surface area contributed by atoms with Gasteiger partial charge in [-0.15, -0.1) is 0 Å². The van der Waals surface area contributed by atoms with Gasteiger partial charge in [-0.3, -0.25) is 9.10 Å². The molecule has 0 aromatic carbocycles. The largest absolute Gasteiger partial charge is 0.369 e. The third-order valence-electron chi connectivity index (χ3n) is 4.91. The molecule has 0 atom stereocenters. The summed E-state index contributed by atoms with van der Waals surface area (Å²) in [5.41, 5.74) is 8.23. The molecule has 4 rings (SSSR count). The van der Waals surface area contributed by atoms with Crippen molar-refractivity contribution in [3.63, 3.8) is 0 Å². The van der Waals surface area contributed by atoms with Gasteiger partial charge >= 0.3 is 0 Å². The van der Waals surface area contributed by atoms with E-state index >= 15 is 0 Å². The van der Waals surface area contributed by atoms with Crippen molar-refractivity contribution in [3.05, 3.63) is 24.3 Å². The minimum Gasteiger partial charge on any atom is -0.369 e. The second-order valence-electron chi connectivity index (χ2n) is 6.77. The quantitative estimate of drug-likeness (QED) is 0.649. The Kier molecular flexibility index (Phi) is 4.86. The number of rotatable bonds is 6. The van der Waals surface area contributed by atoms with Crippen LogP contribution in [0.3, 0.4) is 0 Å². The third kappa shape index (κ3) is 3.19. The van der Waals surface area contributed by atoms with Gasteiger partial charge in [-0.25, -0.2) is 9.97 Å². The summed E-state index contributed by atoms with van der Waals surface area (Å²) in [7, 11) is 0. The molecule has 1 aliphatic rings. The predicted octanol–water partition coefficient (Wildman–Crippen LogP) is 2.64. The van der Waals surface area contributed by atoms with Crippen molar-refractivity contribution >= 4 is 39.9 Å². The van der Waals surface area contributed by atoms with E-state index in [9.17, 15) is 4.79 Å². The molecule has 1 amide bonds. The van der Waals surface area contributed by atoms with Crippen LogP contribution in [0.5, 0.6) is 0 Å². The highest BCUT2D eigenvalue weighted by molar-refractivity contribution is 7.97. The molecule has 1 fully saturated rings. The summed E-state index contributed by atoms with van der Waals surface area (Å²) < 4.78 is 4.71. The minimum atomic E-state index is -0.351. The van der Waals surface area contributed by atoms with Crippen LogP contribution in [0, 0.1) is 0 Å². The number of imidazole rings is 1. The fraction of sp³-hybridized carbons (Fsp3) is 0.500. The Hall–Kier alpha value is -2.06. The number of H-pyrrole nitrogens is 1. The number of hydrogen-bond donors (Lipinski definition) is 2. The van der Waals surface area contributed by atoms with Crippen molar-refractivity contribution in [2.45, 2.75) is 38.6 Å². The molecule has 138 valence electrons. The van der Waals surface area contributed by atoms with E-state index in [1.807, 2.05) is 24.2 Å². The molecule has 0 radical (unpaired) electrons. The average Bonchev–Trinajstić information content (AvgIpc) is 3.23. The number of pyridine rings is 1. The maximum atomic E-state index is 11.6. The Balaban J connectivity index is 1.72. The molecule has 3 aromatic heterocycles. The van der Waals surface area contributed by atoms with Gasteiger partial charge in [0, 0.05) is 36.5 Å². The van der Waals surface area contributed by atoms with Gasteiger partial charge in [0.25, 0.3) is 0 Å². The van der Waals surface area contributed by atoms with Crippen molar-refractivity contribution in [3.8, 4) is 0 Å². The first-order valence-corrected chi connectivity index (χ1v) is 10.1. The maximum Gasteiger partial charge on any atom is 0.225 e. The first kappa shape index (κ1) is 17.4. The molecule has 0 saturated carbocycles. The summed E-state index contributed by atoms with van der Waals surface area (Å²) in [4.78, 5) is 23.9.